The largest absolute Gasteiger partial charge is 0.481 e. The van der Waals surface area contributed by atoms with Crippen molar-refractivity contribution in [2.24, 2.45) is 0 Å². The van der Waals surface area contributed by atoms with Gasteiger partial charge in [0.05, 0.1) is 6.04 Å². The smallest absolute Gasteiger partial charge is 0.303 e. The topological polar surface area (TPSA) is 49.3 Å². The second-order valence-electron chi connectivity index (χ2n) is 4.72. The van der Waals surface area contributed by atoms with Crippen LogP contribution in [0, 0.1) is 0 Å². The predicted molar refractivity (Wildman–Crippen MR) is 75.8 cm³/mol. The van der Waals surface area contributed by atoms with Crippen LogP contribution in [0.15, 0.2) is 48.2 Å². The molecule has 0 amide bonds. The monoisotopic (exact) mass is 257 g/mol. The Bertz CT molecular complexity index is 517. The van der Waals surface area contributed by atoms with E-state index in [2.05, 4.69) is 42.6 Å². The standard InChI is InChI=1S/C16H19NO2/c1-2-12-4-3-5-14(10-12)15-8-6-13(11-17-15)7-9-16(18)19/h3-6,8,10-11,15,17H,2,7,9H2,1H3,(H,18,19). The summed E-state index contributed by atoms with van der Waals surface area (Å²) in [6.45, 7) is 2.15. The van der Waals surface area contributed by atoms with E-state index in [1.54, 1.807) is 0 Å². The lowest BCUT2D eigenvalue weighted by molar-refractivity contribution is -0.136. The summed E-state index contributed by atoms with van der Waals surface area (Å²) in [7, 11) is 0. The molecule has 0 saturated heterocycles. The van der Waals surface area contributed by atoms with Gasteiger partial charge in [0.1, 0.15) is 0 Å². The average molecular weight is 257 g/mol. The van der Waals surface area contributed by atoms with Gasteiger partial charge in [0.2, 0.25) is 0 Å². The van der Waals surface area contributed by atoms with E-state index in [4.69, 9.17) is 5.11 Å². The number of carboxylic acids is 1. The van der Waals surface area contributed by atoms with Gasteiger partial charge in [-0.25, -0.2) is 0 Å². The van der Waals surface area contributed by atoms with Crippen LogP contribution >= 0.6 is 0 Å². The Kier molecular flexibility index (Phi) is 4.39. The third kappa shape index (κ3) is 3.71. The number of hydrogen-bond acceptors (Lipinski definition) is 2. The zero-order chi connectivity index (χ0) is 13.7. The molecular formula is C16H19NO2. The average Bonchev–Trinajstić information content (AvgIpc) is 2.45. The van der Waals surface area contributed by atoms with Crippen molar-refractivity contribution in [3.63, 3.8) is 0 Å². The molecule has 1 unspecified atom stereocenters. The number of benzene rings is 1. The molecule has 1 atom stereocenters. The van der Waals surface area contributed by atoms with E-state index in [0.29, 0.717) is 6.42 Å². The van der Waals surface area contributed by atoms with Crippen LogP contribution in [-0.2, 0) is 11.2 Å². The summed E-state index contributed by atoms with van der Waals surface area (Å²) in [5.41, 5.74) is 3.60. The molecule has 0 bridgehead atoms. The first-order chi connectivity index (χ1) is 9.19. The minimum atomic E-state index is -0.757. The summed E-state index contributed by atoms with van der Waals surface area (Å²) in [5.74, 6) is -0.757. The van der Waals surface area contributed by atoms with Crippen LogP contribution in [0.25, 0.3) is 0 Å². The van der Waals surface area contributed by atoms with Gasteiger partial charge in [-0.1, -0.05) is 43.3 Å². The van der Waals surface area contributed by atoms with E-state index in [1.165, 1.54) is 11.1 Å². The quantitative estimate of drug-likeness (QED) is 0.851. The first kappa shape index (κ1) is 13.4. The molecule has 0 saturated carbocycles. The summed E-state index contributed by atoms with van der Waals surface area (Å²) in [5, 5.41) is 12.0. The van der Waals surface area contributed by atoms with Crippen molar-refractivity contribution in [2.45, 2.75) is 32.2 Å². The van der Waals surface area contributed by atoms with Gasteiger partial charge < -0.3 is 10.4 Å². The fraction of sp³-hybridized carbons (Fsp3) is 0.312. The molecule has 0 spiro atoms. The van der Waals surface area contributed by atoms with Gasteiger partial charge in [0.15, 0.2) is 0 Å². The van der Waals surface area contributed by atoms with Crippen molar-refractivity contribution in [3.05, 3.63) is 59.3 Å². The number of allylic oxidation sites excluding steroid dienone is 2. The van der Waals surface area contributed by atoms with E-state index in [0.717, 1.165) is 12.0 Å². The number of dihydropyridines is 1. The zero-order valence-corrected chi connectivity index (χ0v) is 11.1. The minimum absolute atomic E-state index is 0.174. The van der Waals surface area contributed by atoms with Crippen LogP contribution in [0.4, 0.5) is 0 Å². The molecule has 3 heteroatoms. The second kappa shape index (κ2) is 6.23. The molecule has 0 aliphatic carbocycles. The lowest BCUT2D eigenvalue weighted by Crippen LogP contribution is -2.17. The van der Waals surface area contributed by atoms with Crippen molar-refractivity contribution in [1.82, 2.24) is 5.32 Å². The lowest BCUT2D eigenvalue weighted by Gasteiger charge is -2.19. The zero-order valence-electron chi connectivity index (χ0n) is 11.1. The van der Waals surface area contributed by atoms with Crippen LogP contribution in [0.2, 0.25) is 0 Å². The number of rotatable bonds is 5. The van der Waals surface area contributed by atoms with E-state index in [9.17, 15) is 4.79 Å². The number of carbonyl (C=O) groups is 1. The van der Waals surface area contributed by atoms with Gasteiger partial charge in [-0.2, -0.15) is 0 Å². The Morgan fingerprint density at radius 2 is 2.26 bits per heavy atom. The molecule has 2 rings (SSSR count). The molecule has 0 radical (unpaired) electrons. The Hall–Kier alpha value is -2.03. The third-order valence-electron chi connectivity index (χ3n) is 3.30. The third-order valence-corrected chi connectivity index (χ3v) is 3.30. The van der Waals surface area contributed by atoms with E-state index < -0.39 is 5.97 Å². The SMILES string of the molecule is CCc1cccc(C2C=CC(CCC(=O)O)=CN2)c1. The van der Waals surface area contributed by atoms with Crippen molar-refractivity contribution in [1.29, 1.82) is 0 Å². The van der Waals surface area contributed by atoms with Crippen molar-refractivity contribution < 1.29 is 9.90 Å². The highest BCUT2D eigenvalue weighted by Gasteiger charge is 2.11. The number of hydrogen-bond donors (Lipinski definition) is 2. The molecule has 0 aromatic heterocycles. The van der Waals surface area contributed by atoms with E-state index in [1.807, 2.05) is 12.3 Å². The first-order valence-electron chi connectivity index (χ1n) is 6.63. The summed E-state index contributed by atoms with van der Waals surface area (Å²) in [4.78, 5) is 10.5. The van der Waals surface area contributed by atoms with Crippen molar-refractivity contribution in [3.8, 4) is 0 Å². The molecule has 2 N–H and O–H groups in total. The van der Waals surface area contributed by atoms with Crippen LogP contribution in [0.3, 0.4) is 0 Å². The Labute approximate surface area is 113 Å². The maximum atomic E-state index is 10.5. The molecule has 19 heavy (non-hydrogen) atoms. The lowest BCUT2D eigenvalue weighted by atomic mass is 9.99. The molecule has 1 aliphatic rings. The molecule has 1 aromatic rings. The van der Waals surface area contributed by atoms with Crippen LogP contribution in [0.5, 0.6) is 0 Å². The van der Waals surface area contributed by atoms with Crippen molar-refractivity contribution in [2.75, 3.05) is 0 Å². The molecule has 3 nitrogen and oxygen atoms in total. The van der Waals surface area contributed by atoms with Gasteiger partial charge in [-0.15, -0.1) is 0 Å². The fourth-order valence-corrected chi connectivity index (χ4v) is 2.14. The van der Waals surface area contributed by atoms with E-state index in [-0.39, 0.29) is 12.5 Å². The second-order valence-corrected chi connectivity index (χ2v) is 4.72. The Balaban J connectivity index is 1.99. The summed E-state index contributed by atoms with van der Waals surface area (Å²) in [6, 6.07) is 8.70. The fourth-order valence-electron chi connectivity index (χ4n) is 2.14. The normalized spacial score (nSPS) is 17.7. The molecule has 1 heterocycles. The van der Waals surface area contributed by atoms with Gasteiger partial charge in [0, 0.05) is 12.6 Å². The number of aliphatic carboxylic acids is 1. The van der Waals surface area contributed by atoms with Crippen LogP contribution in [0.1, 0.15) is 36.9 Å². The highest BCUT2D eigenvalue weighted by atomic mass is 16.4. The van der Waals surface area contributed by atoms with Gasteiger partial charge in [-0.05, 0) is 29.5 Å². The predicted octanol–water partition coefficient (Wildman–Crippen LogP) is 3.20. The van der Waals surface area contributed by atoms with Crippen molar-refractivity contribution >= 4 is 5.97 Å². The molecule has 100 valence electrons. The molecule has 1 aliphatic heterocycles. The summed E-state index contributed by atoms with van der Waals surface area (Å²) < 4.78 is 0. The highest BCUT2D eigenvalue weighted by Crippen LogP contribution is 2.21. The van der Waals surface area contributed by atoms with Gasteiger partial charge in [0.25, 0.3) is 0 Å². The van der Waals surface area contributed by atoms with Gasteiger partial charge in [-0.3, -0.25) is 4.79 Å². The molecular weight excluding hydrogens is 238 g/mol. The Morgan fingerprint density at radius 3 is 2.89 bits per heavy atom. The first-order valence-corrected chi connectivity index (χ1v) is 6.63. The maximum absolute atomic E-state index is 10.5. The summed E-state index contributed by atoms with van der Waals surface area (Å²) >= 11 is 0. The molecule has 1 aromatic carbocycles. The Morgan fingerprint density at radius 1 is 1.42 bits per heavy atom. The highest BCUT2D eigenvalue weighted by molar-refractivity contribution is 5.67. The summed E-state index contributed by atoms with van der Waals surface area (Å²) in [6.07, 6.45) is 7.80. The van der Waals surface area contributed by atoms with E-state index >= 15 is 0 Å². The van der Waals surface area contributed by atoms with Gasteiger partial charge >= 0.3 is 5.97 Å². The number of carboxylic acid groups (broad SMARTS) is 1. The van der Waals surface area contributed by atoms with Crippen LogP contribution in [-0.4, -0.2) is 11.1 Å². The maximum Gasteiger partial charge on any atom is 0.303 e. The number of aryl methyl sites for hydroxylation is 1. The molecule has 0 fully saturated rings. The number of nitrogens with one attached hydrogen (secondary N) is 1. The minimum Gasteiger partial charge on any atom is -0.481 e. The van der Waals surface area contributed by atoms with Crippen LogP contribution < -0.4 is 5.32 Å².